The van der Waals surface area contributed by atoms with Gasteiger partial charge < -0.3 is 9.47 Å². The molecule has 0 unspecified atom stereocenters. The maximum atomic E-state index is 12.9. The number of benzene rings is 2. The number of hydrogen-bond acceptors (Lipinski definition) is 5. The topological polar surface area (TPSA) is 65.7 Å². The van der Waals surface area contributed by atoms with Gasteiger partial charge in [-0.15, -0.1) is 0 Å². The second-order valence-electron chi connectivity index (χ2n) is 6.55. The van der Waals surface area contributed by atoms with Crippen LogP contribution in [0.25, 0.3) is 10.9 Å². The second kappa shape index (κ2) is 9.09. The largest absolute Gasteiger partial charge is 0.493 e. The van der Waals surface area contributed by atoms with E-state index >= 15 is 0 Å². The quantitative estimate of drug-likeness (QED) is 0.412. The zero-order chi connectivity index (χ0) is 21.1. The fourth-order valence-corrected chi connectivity index (χ4v) is 3.58. The minimum absolute atomic E-state index is 0.00127. The van der Waals surface area contributed by atoms with E-state index in [1.807, 2.05) is 32.0 Å². The summed E-state index contributed by atoms with van der Waals surface area (Å²) in [4.78, 5) is 17.4. The van der Waals surface area contributed by atoms with Crippen molar-refractivity contribution in [1.29, 1.82) is 0 Å². The smallest absolute Gasteiger partial charge is 0.282 e. The minimum Gasteiger partial charge on any atom is -0.493 e. The van der Waals surface area contributed by atoms with E-state index in [9.17, 15) is 4.79 Å². The average molecular weight is 523 g/mol. The zero-order valence-electron chi connectivity index (χ0n) is 16.6. The Kier molecular flexibility index (Phi) is 6.74. The molecule has 1 heterocycles. The molecule has 0 aliphatic heterocycles. The summed E-state index contributed by atoms with van der Waals surface area (Å²) in [5, 5.41) is 4.90. The molecular weight excluding hydrogens is 502 g/mol. The molecule has 6 nitrogen and oxygen atoms in total. The molecule has 29 heavy (non-hydrogen) atoms. The van der Waals surface area contributed by atoms with Crippen LogP contribution in [0, 0.1) is 6.92 Å². The van der Waals surface area contributed by atoms with E-state index in [1.54, 1.807) is 32.4 Å². The first-order chi connectivity index (χ1) is 13.8. The Bertz CT molecular complexity index is 1140. The Morgan fingerprint density at radius 3 is 2.69 bits per heavy atom. The molecule has 0 amide bonds. The zero-order valence-corrected chi connectivity index (χ0v) is 19.7. The number of ether oxygens (including phenoxy) is 2. The standard InChI is InChI=1S/C21H21Br2N3O3/c1-5-12(2)29-20-14(8-16(23)10-19(20)28-4)11-24-26-13(3)25-18-7-6-15(22)9-17(18)21(26)27/h6-12H,5H2,1-4H3/t12-/m1/s1. The van der Waals surface area contributed by atoms with E-state index in [-0.39, 0.29) is 11.7 Å². The molecule has 0 aliphatic rings. The van der Waals surface area contributed by atoms with Crippen molar-refractivity contribution in [2.45, 2.75) is 33.3 Å². The van der Waals surface area contributed by atoms with Gasteiger partial charge in [0, 0.05) is 14.5 Å². The van der Waals surface area contributed by atoms with Gasteiger partial charge in [-0.05, 0) is 50.6 Å². The lowest BCUT2D eigenvalue weighted by Crippen LogP contribution is -2.20. The predicted octanol–water partition coefficient (Wildman–Crippen LogP) is 5.30. The molecule has 0 saturated heterocycles. The number of fused-ring (bicyclic) bond motifs is 1. The Labute approximate surface area is 185 Å². The van der Waals surface area contributed by atoms with Crippen LogP contribution in [0.3, 0.4) is 0 Å². The Morgan fingerprint density at radius 2 is 2.00 bits per heavy atom. The minimum atomic E-state index is -0.239. The normalized spacial score (nSPS) is 12.5. The fourth-order valence-electron chi connectivity index (χ4n) is 2.76. The number of aryl methyl sites for hydroxylation is 1. The molecule has 0 spiro atoms. The van der Waals surface area contributed by atoms with Crippen molar-refractivity contribution in [3.05, 3.63) is 61.0 Å². The number of halogens is 2. The number of hydrogen-bond donors (Lipinski definition) is 0. The highest BCUT2D eigenvalue weighted by molar-refractivity contribution is 9.10. The van der Waals surface area contributed by atoms with Crippen LogP contribution in [0.2, 0.25) is 0 Å². The van der Waals surface area contributed by atoms with E-state index in [0.29, 0.717) is 33.8 Å². The molecule has 0 bridgehead atoms. The molecule has 0 fully saturated rings. The van der Waals surface area contributed by atoms with Crippen LogP contribution in [0.4, 0.5) is 0 Å². The van der Waals surface area contributed by atoms with Crippen molar-refractivity contribution in [3.63, 3.8) is 0 Å². The summed E-state index contributed by atoms with van der Waals surface area (Å²) in [6, 6.07) is 9.11. The van der Waals surface area contributed by atoms with E-state index in [4.69, 9.17) is 9.47 Å². The molecule has 0 saturated carbocycles. The van der Waals surface area contributed by atoms with Gasteiger partial charge in [0.05, 0.1) is 30.3 Å². The maximum absolute atomic E-state index is 12.9. The van der Waals surface area contributed by atoms with Crippen molar-refractivity contribution < 1.29 is 9.47 Å². The number of methoxy groups -OCH3 is 1. The van der Waals surface area contributed by atoms with Crippen LogP contribution < -0.4 is 15.0 Å². The average Bonchev–Trinajstić information content (AvgIpc) is 2.69. The van der Waals surface area contributed by atoms with Gasteiger partial charge in [-0.3, -0.25) is 4.79 Å². The molecule has 3 aromatic rings. The van der Waals surface area contributed by atoms with Crippen molar-refractivity contribution in [2.75, 3.05) is 7.11 Å². The second-order valence-corrected chi connectivity index (χ2v) is 8.38. The van der Waals surface area contributed by atoms with Crippen LogP contribution in [0.15, 0.2) is 49.2 Å². The highest BCUT2D eigenvalue weighted by Gasteiger charge is 2.15. The Morgan fingerprint density at radius 1 is 1.24 bits per heavy atom. The van der Waals surface area contributed by atoms with Crippen LogP contribution >= 0.6 is 31.9 Å². The molecule has 0 aliphatic carbocycles. The van der Waals surface area contributed by atoms with Gasteiger partial charge in [-0.1, -0.05) is 38.8 Å². The first kappa shape index (κ1) is 21.5. The third-order valence-electron chi connectivity index (χ3n) is 4.44. The van der Waals surface area contributed by atoms with Crippen LogP contribution in [-0.4, -0.2) is 29.1 Å². The summed E-state index contributed by atoms with van der Waals surface area (Å²) in [5.74, 6) is 1.66. The van der Waals surface area contributed by atoms with Gasteiger partial charge in [0.1, 0.15) is 5.82 Å². The molecule has 0 radical (unpaired) electrons. The molecule has 1 atom stereocenters. The first-order valence-corrected chi connectivity index (χ1v) is 10.7. The first-order valence-electron chi connectivity index (χ1n) is 9.11. The monoisotopic (exact) mass is 521 g/mol. The fraction of sp³-hybridized carbons (Fsp3) is 0.286. The molecule has 152 valence electrons. The van der Waals surface area contributed by atoms with Crippen LogP contribution in [-0.2, 0) is 0 Å². The van der Waals surface area contributed by atoms with Gasteiger partial charge in [-0.25, -0.2) is 4.98 Å². The summed E-state index contributed by atoms with van der Waals surface area (Å²) in [5.41, 5.74) is 1.08. The predicted molar refractivity (Wildman–Crippen MR) is 123 cm³/mol. The highest BCUT2D eigenvalue weighted by Crippen LogP contribution is 2.35. The summed E-state index contributed by atoms with van der Waals surface area (Å²) >= 11 is 6.88. The van der Waals surface area contributed by atoms with E-state index < -0.39 is 0 Å². The van der Waals surface area contributed by atoms with Gasteiger partial charge in [0.25, 0.3) is 5.56 Å². The molecule has 3 rings (SSSR count). The SMILES string of the molecule is CC[C@@H](C)Oc1c(C=Nn2c(C)nc3ccc(Br)cc3c2=O)cc(Br)cc1OC. The lowest BCUT2D eigenvalue weighted by atomic mass is 10.2. The van der Waals surface area contributed by atoms with E-state index in [0.717, 1.165) is 15.4 Å². The van der Waals surface area contributed by atoms with E-state index in [2.05, 4.69) is 41.9 Å². The molecule has 0 N–H and O–H groups in total. The van der Waals surface area contributed by atoms with Crippen molar-refractivity contribution in [2.24, 2.45) is 5.10 Å². The number of nitrogens with zero attached hydrogens (tertiary/aromatic N) is 3. The van der Waals surface area contributed by atoms with Gasteiger partial charge in [0.15, 0.2) is 11.5 Å². The van der Waals surface area contributed by atoms with Crippen LogP contribution in [0.5, 0.6) is 11.5 Å². The number of aromatic nitrogens is 2. The van der Waals surface area contributed by atoms with Gasteiger partial charge in [0.2, 0.25) is 0 Å². The van der Waals surface area contributed by atoms with Crippen molar-refractivity contribution in [1.82, 2.24) is 9.66 Å². The van der Waals surface area contributed by atoms with Crippen molar-refractivity contribution >= 4 is 49.0 Å². The molecule has 8 heteroatoms. The summed E-state index contributed by atoms with van der Waals surface area (Å²) < 4.78 is 14.5. The third kappa shape index (κ3) is 4.70. The Balaban J connectivity index is 2.12. The van der Waals surface area contributed by atoms with E-state index in [1.165, 1.54) is 4.68 Å². The lowest BCUT2D eigenvalue weighted by molar-refractivity contribution is 0.207. The molecule has 2 aromatic carbocycles. The molecular formula is C21H21Br2N3O3. The van der Waals surface area contributed by atoms with Gasteiger partial charge in [-0.2, -0.15) is 9.78 Å². The summed E-state index contributed by atoms with van der Waals surface area (Å²) in [7, 11) is 1.59. The third-order valence-corrected chi connectivity index (χ3v) is 5.40. The van der Waals surface area contributed by atoms with Crippen LogP contribution in [0.1, 0.15) is 31.7 Å². The summed E-state index contributed by atoms with van der Waals surface area (Å²) in [6.07, 6.45) is 2.43. The summed E-state index contributed by atoms with van der Waals surface area (Å²) in [6.45, 7) is 5.78. The Hall–Kier alpha value is -2.19. The number of rotatable bonds is 6. The highest BCUT2D eigenvalue weighted by atomic mass is 79.9. The van der Waals surface area contributed by atoms with Gasteiger partial charge >= 0.3 is 0 Å². The lowest BCUT2D eigenvalue weighted by Gasteiger charge is -2.18. The maximum Gasteiger partial charge on any atom is 0.282 e. The molecule has 1 aromatic heterocycles. The van der Waals surface area contributed by atoms with Crippen molar-refractivity contribution in [3.8, 4) is 11.5 Å².